The van der Waals surface area contributed by atoms with E-state index in [0.717, 1.165) is 25.9 Å². The molecule has 0 spiro atoms. The Kier molecular flexibility index (Phi) is 4.99. The fourth-order valence-corrected chi connectivity index (χ4v) is 4.01. The number of methoxy groups -OCH3 is 1. The van der Waals surface area contributed by atoms with Crippen molar-refractivity contribution in [3.8, 4) is 0 Å². The van der Waals surface area contributed by atoms with Crippen LogP contribution < -0.4 is 0 Å². The molecule has 1 saturated heterocycles. The van der Waals surface area contributed by atoms with Gasteiger partial charge in [-0.3, -0.25) is 0 Å². The van der Waals surface area contributed by atoms with E-state index in [-0.39, 0.29) is 23.9 Å². The molecule has 0 aromatic heterocycles. The molecule has 3 rings (SSSR count). The van der Waals surface area contributed by atoms with Crippen molar-refractivity contribution in [3.05, 3.63) is 35.4 Å². The SMILES string of the molecule is CCC12CC(CO1)C(COC)CC2OCc1c(F)cccc1F. The zero-order valence-electron chi connectivity index (χ0n) is 13.7. The maximum absolute atomic E-state index is 13.8. The quantitative estimate of drug-likeness (QED) is 0.798. The number of fused-ring (bicyclic) bond motifs is 2. The second kappa shape index (κ2) is 6.83. The van der Waals surface area contributed by atoms with Crippen molar-refractivity contribution in [1.82, 2.24) is 0 Å². The average molecular weight is 326 g/mol. The van der Waals surface area contributed by atoms with Crippen molar-refractivity contribution in [1.29, 1.82) is 0 Å². The van der Waals surface area contributed by atoms with Gasteiger partial charge in [-0.05, 0) is 43.2 Å². The van der Waals surface area contributed by atoms with Gasteiger partial charge in [0.2, 0.25) is 0 Å². The van der Waals surface area contributed by atoms with Crippen LogP contribution in [0, 0.1) is 23.5 Å². The number of ether oxygens (including phenoxy) is 3. The molecule has 2 bridgehead atoms. The summed E-state index contributed by atoms with van der Waals surface area (Å²) in [5.41, 5.74) is -0.335. The summed E-state index contributed by atoms with van der Waals surface area (Å²) >= 11 is 0. The lowest BCUT2D eigenvalue weighted by molar-refractivity contribution is -0.138. The Bertz CT molecular complexity index is 531. The van der Waals surface area contributed by atoms with Gasteiger partial charge in [0, 0.05) is 19.3 Å². The van der Waals surface area contributed by atoms with Crippen molar-refractivity contribution in [3.63, 3.8) is 0 Å². The van der Waals surface area contributed by atoms with Crippen LogP contribution in [0.25, 0.3) is 0 Å². The van der Waals surface area contributed by atoms with Crippen molar-refractivity contribution in [2.75, 3.05) is 20.3 Å². The maximum atomic E-state index is 13.8. The molecule has 1 aromatic carbocycles. The molecule has 1 aliphatic heterocycles. The number of hydrogen-bond donors (Lipinski definition) is 0. The van der Waals surface area contributed by atoms with Gasteiger partial charge in [-0.25, -0.2) is 8.78 Å². The minimum absolute atomic E-state index is 0.0119. The predicted octanol–water partition coefficient (Wildman–Crippen LogP) is 3.70. The Morgan fingerprint density at radius 1 is 1.30 bits per heavy atom. The minimum Gasteiger partial charge on any atom is -0.384 e. The van der Waals surface area contributed by atoms with Gasteiger partial charge in [0.1, 0.15) is 11.6 Å². The Hall–Kier alpha value is -1.04. The first-order chi connectivity index (χ1) is 11.1. The van der Waals surface area contributed by atoms with E-state index in [4.69, 9.17) is 14.2 Å². The zero-order chi connectivity index (χ0) is 16.4. The summed E-state index contributed by atoms with van der Waals surface area (Å²) in [4.78, 5) is 0. The molecular weight excluding hydrogens is 302 g/mol. The third kappa shape index (κ3) is 3.14. The summed E-state index contributed by atoms with van der Waals surface area (Å²) < 4.78 is 45.0. The fraction of sp³-hybridized carbons (Fsp3) is 0.667. The summed E-state index contributed by atoms with van der Waals surface area (Å²) in [5, 5.41) is 0. The van der Waals surface area contributed by atoms with Crippen LogP contribution in [0.4, 0.5) is 8.78 Å². The highest BCUT2D eigenvalue weighted by Gasteiger charge is 2.53. The molecule has 128 valence electrons. The molecule has 1 aromatic rings. The van der Waals surface area contributed by atoms with E-state index in [1.807, 2.05) is 0 Å². The van der Waals surface area contributed by atoms with Crippen LogP contribution >= 0.6 is 0 Å². The topological polar surface area (TPSA) is 27.7 Å². The van der Waals surface area contributed by atoms with Crippen LogP contribution in [-0.4, -0.2) is 32.0 Å². The Morgan fingerprint density at radius 2 is 2.04 bits per heavy atom. The summed E-state index contributed by atoms with van der Waals surface area (Å²) in [5.74, 6) is -0.271. The van der Waals surface area contributed by atoms with Gasteiger partial charge in [0.15, 0.2) is 0 Å². The lowest BCUT2D eigenvalue weighted by Gasteiger charge is -2.41. The molecule has 5 heteroatoms. The van der Waals surface area contributed by atoms with E-state index >= 15 is 0 Å². The highest BCUT2D eigenvalue weighted by molar-refractivity contribution is 5.19. The van der Waals surface area contributed by atoms with E-state index in [0.29, 0.717) is 18.4 Å². The van der Waals surface area contributed by atoms with Crippen molar-refractivity contribution < 1.29 is 23.0 Å². The van der Waals surface area contributed by atoms with E-state index in [9.17, 15) is 8.78 Å². The summed E-state index contributed by atoms with van der Waals surface area (Å²) in [6.07, 6.45) is 2.42. The second-order valence-electron chi connectivity index (χ2n) is 6.64. The molecule has 4 atom stereocenters. The van der Waals surface area contributed by atoms with Gasteiger partial charge in [0.05, 0.1) is 24.9 Å². The normalized spacial score (nSPS) is 33.1. The first-order valence-corrected chi connectivity index (χ1v) is 8.27. The molecule has 1 aliphatic carbocycles. The van der Waals surface area contributed by atoms with Crippen LogP contribution in [0.2, 0.25) is 0 Å². The van der Waals surface area contributed by atoms with Gasteiger partial charge < -0.3 is 14.2 Å². The van der Waals surface area contributed by atoms with Gasteiger partial charge in [0.25, 0.3) is 0 Å². The van der Waals surface area contributed by atoms with Crippen LogP contribution in [0.3, 0.4) is 0 Å². The van der Waals surface area contributed by atoms with Crippen LogP contribution in [0.5, 0.6) is 0 Å². The Labute approximate surface area is 135 Å². The molecule has 2 fully saturated rings. The molecule has 3 nitrogen and oxygen atoms in total. The predicted molar refractivity (Wildman–Crippen MR) is 82.0 cm³/mol. The van der Waals surface area contributed by atoms with E-state index in [1.54, 1.807) is 7.11 Å². The number of hydrogen-bond acceptors (Lipinski definition) is 3. The van der Waals surface area contributed by atoms with Gasteiger partial charge in [-0.15, -0.1) is 0 Å². The van der Waals surface area contributed by atoms with E-state index in [2.05, 4.69) is 6.92 Å². The number of benzene rings is 1. The van der Waals surface area contributed by atoms with Gasteiger partial charge >= 0.3 is 0 Å². The highest BCUT2D eigenvalue weighted by Crippen LogP contribution is 2.48. The highest BCUT2D eigenvalue weighted by atomic mass is 19.1. The molecular formula is C18H24F2O3. The van der Waals surface area contributed by atoms with Crippen molar-refractivity contribution in [2.45, 2.75) is 44.5 Å². The number of rotatable bonds is 6. The molecule has 0 radical (unpaired) electrons. The molecule has 0 N–H and O–H groups in total. The van der Waals surface area contributed by atoms with Gasteiger partial charge in [-0.1, -0.05) is 13.0 Å². The van der Waals surface area contributed by atoms with Crippen LogP contribution in [-0.2, 0) is 20.8 Å². The monoisotopic (exact) mass is 326 g/mol. The van der Waals surface area contributed by atoms with E-state index in [1.165, 1.54) is 18.2 Å². The Balaban J connectivity index is 1.74. The smallest absolute Gasteiger partial charge is 0.131 e. The molecule has 0 amide bonds. The summed E-state index contributed by atoms with van der Waals surface area (Å²) in [7, 11) is 1.70. The lowest BCUT2D eigenvalue weighted by Crippen LogP contribution is -2.48. The van der Waals surface area contributed by atoms with Crippen molar-refractivity contribution in [2.24, 2.45) is 11.8 Å². The first kappa shape index (κ1) is 16.8. The Morgan fingerprint density at radius 3 is 2.70 bits per heavy atom. The third-order valence-electron chi connectivity index (χ3n) is 5.43. The third-order valence-corrected chi connectivity index (χ3v) is 5.43. The number of halogens is 2. The lowest BCUT2D eigenvalue weighted by atomic mass is 9.71. The minimum atomic E-state index is -0.565. The molecule has 4 unspecified atom stereocenters. The maximum Gasteiger partial charge on any atom is 0.131 e. The van der Waals surface area contributed by atoms with E-state index < -0.39 is 11.6 Å². The van der Waals surface area contributed by atoms with Gasteiger partial charge in [-0.2, -0.15) is 0 Å². The largest absolute Gasteiger partial charge is 0.384 e. The molecule has 2 aliphatic rings. The first-order valence-electron chi connectivity index (χ1n) is 8.27. The van der Waals surface area contributed by atoms with Crippen LogP contribution in [0.15, 0.2) is 18.2 Å². The molecule has 1 saturated carbocycles. The van der Waals surface area contributed by atoms with Crippen molar-refractivity contribution >= 4 is 0 Å². The second-order valence-corrected chi connectivity index (χ2v) is 6.64. The summed E-state index contributed by atoms with van der Waals surface area (Å²) in [6.45, 7) is 3.40. The zero-order valence-corrected chi connectivity index (χ0v) is 13.7. The average Bonchev–Trinajstić information content (AvgIpc) is 2.92. The summed E-state index contributed by atoms with van der Waals surface area (Å²) in [6, 6.07) is 3.88. The molecule has 23 heavy (non-hydrogen) atoms. The molecule has 1 heterocycles. The standard InChI is InChI=1S/C18H24F2O3/c1-3-18-8-13(10-23-18)12(9-21-2)7-17(18)22-11-14-15(19)5-4-6-16(14)20/h4-6,12-13,17H,3,7-11H2,1-2H3. The fourth-order valence-electron chi connectivity index (χ4n) is 4.01. The van der Waals surface area contributed by atoms with Crippen LogP contribution in [0.1, 0.15) is 31.7 Å².